The van der Waals surface area contributed by atoms with E-state index in [1.54, 1.807) is 12.1 Å². The molecule has 0 saturated carbocycles. The molecule has 0 amide bonds. The summed E-state index contributed by atoms with van der Waals surface area (Å²) in [6, 6.07) is 11.3. The van der Waals surface area contributed by atoms with E-state index in [9.17, 15) is 8.42 Å². The number of hydrazone groups is 1. The first kappa shape index (κ1) is 16.3. The summed E-state index contributed by atoms with van der Waals surface area (Å²) < 4.78 is 24.9. The molecule has 8 heteroatoms. The van der Waals surface area contributed by atoms with E-state index in [1.807, 2.05) is 12.1 Å². The maximum Gasteiger partial charge on any atom is 0.276 e. The Bertz CT molecular complexity index is 777. The van der Waals surface area contributed by atoms with Gasteiger partial charge in [-0.1, -0.05) is 51.3 Å². The van der Waals surface area contributed by atoms with E-state index in [4.69, 9.17) is 23.2 Å². The van der Waals surface area contributed by atoms with Gasteiger partial charge in [-0.25, -0.2) is 4.83 Å². The van der Waals surface area contributed by atoms with Gasteiger partial charge in [-0.15, -0.1) is 0 Å². The second-order valence-electron chi connectivity index (χ2n) is 3.98. The van der Waals surface area contributed by atoms with E-state index in [1.165, 1.54) is 24.4 Å². The van der Waals surface area contributed by atoms with Gasteiger partial charge in [0, 0.05) is 4.47 Å². The highest BCUT2D eigenvalue weighted by atomic mass is 79.9. The summed E-state index contributed by atoms with van der Waals surface area (Å²) in [5, 5.41) is 4.17. The van der Waals surface area contributed by atoms with Gasteiger partial charge in [0.15, 0.2) is 0 Å². The van der Waals surface area contributed by atoms with Gasteiger partial charge in [0.1, 0.15) is 0 Å². The predicted octanol–water partition coefficient (Wildman–Crippen LogP) is 4.07. The number of halogens is 3. The summed E-state index contributed by atoms with van der Waals surface area (Å²) in [4.78, 5) is 2.10. The van der Waals surface area contributed by atoms with Crippen molar-refractivity contribution < 1.29 is 8.42 Å². The van der Waals surface area contributed by atoms with Crippen LogP contribution < -0.4 is 4.83 Å². The van der Waals surface area contributed by atoms with Gasteiger partial charge in [-0.05, 0) is 35.9 Å². The highest BCUT2D eigenvalue weighted by Gasteiger charge is 2.14. The number of nitrogens with one attached hydrogen (secondary N) is 1. The van der Waals surface area contributed by atoms with Crippen molar-refractivity contribution in [2.24, 2.45) is 5.10 Å². The molecule has 4 nitrogen and oxygen atoms in total. The minimum atomic E-state index is -3.78. The highest BCUT2D eigenvalue weighted by Crippen LogP contribution is 2.24. The van der Waals surface area contributed by atoms with Crippen molar-refractivity contribution in [1.29, 1.82) is 0 Å². The lowest BCUT2D eigenvalue weighted by Gasteiger charge is -2.04. The van der Waals surface area contributed by atoms with Gasteiger partial charge < -0.3 is 0 Å². The number of sulfonamides is 1. The van der Waals surface area contributed by atoms with Crippen LogP contribution in [0.25, 0.3) is 0 Å². The van der Waals surface area contributed by atoms with Crippen LogP contribution in [0, 0.1) is 0 Å². The smallest absolute Gasteiger partial charge is 0.200 e. The molecular formula is C13H9BrCl2N2O2S. The first-order valence-electron chi connectivity index (χ1n) is 5.64. The molecule has 0 aromatic heterocycles. The zero-order valence-electron chi connectivity index (χ0n) is 10.4. The van der Waals surface area contributed by atoms with Crippen molar-refractivity contribution >= 4 is 55.4 Å². The quantitative estimate of drug-likeness (QED) is 0.613. The first-order valence-corrected chi connectivity index (χ1v) is 8.67. The van der Waals surface area contributed by atoms with Crippen LogP contribution in [0.15, 0.2) is 56.9 Å². The van der Waals surface area contributed by atoms with Crippen LogP contribution in [0.5, 0.6) is 0 Å². The van der Waals surface area contributed by atoms with Crippen molar-refractivity contribution in [3.8, 4) is 0 Å². The van der Waals surface area contributed by atoms with Crippen LogP contribution in [0.4, 0.5) is 0 Å². The molecule has 2 aromatic rings. The zero-order valence-corrected chi connectivity index (χ0v) is 14.3. The van der Waals surface area contributed by atoms with Gasteiger partial charge in [-0.3, -0.25) is 0 Å². The molecule has 0 heterocycles. The standard InChI is InChI=1S/C13H9BrCl2N2O2S/c14-10-3-1-9(2-4-10)8-17-18-21(19,20)11-5-6-12(15)13(16)7-11/h1-8,18H/b17-8+. The molecule has 0 bridgehead atoms. The minimum Gasteiger partial charge on any atom is -0.200 e. The molecule has 0 radical (unpaired) electrons. The molecule has 2 aromatic carbocycles. The molecule has 21 heavy (non-hydrogen) atoms. The molecule has 0 saturated heterocycles. The van der Waals surface area contributed by atoms with Crippen LogP contribution in [0.2, 0.25) is 10.0 Å². The molecule has 2 rings (SSSR count). The van der Waals surface area contributed by atoms with Crippen LogP contribution in [0.1, 0.15) is 5.56 Å². The van der Waals surface area contributed by atoms with Gasteiger partial charge in [-0.2, -0.15) is 13.5 Å². The molecule has 0 aliphatic heterocycles. The van der Waals surface area contributed by atoms with Gasteiger partial charge in [0.25, 0.3) is 10.0 Å². The Balaban J connectivity index is 2.14. The molecule has 1 N–H and O–H groups in total. The summed E-state index contributed by atoms with van der Waals surface area (Å²) in [5.41, 5.74) is 0.759. The number of hydrogen-bond donors (Lipinski definition) is 1. The van der Waals surface area contributed by atoms with Crippen molar-refractivity contribution in [1.82, 2.24) is 4.83 Å². The fourth-order valence-corrected chi connectivity index (χ4v) is 2.86. The van der Waals surface area contributed by atoms with Crippen molar-refractivity contribution in [2.75, 3.05) is 0 Å². The number of benzene rings is 2. The fraction of sp³-hybridized carbons (Fsp3) is 0. The largest absolute Gasteiger partial charge is 0.276 e. The molecule has 0 fully saturated rings. The van der Waals surface area contributed by atoms with E-state index in [2.05, 4.69) is 25.9 Å². The van der Waals surface area contributed by atoms with Crippen molar-refractivity contribution in [3.63, 3.8) is 0 Å². The van der Waals surface area contributed by atoms with Crippen molar-refractivity contribution in [2.45, 2.75) is 4.90 Å². The predicted molar refractivity (Wildman–Crippen MR) is 88.5 cm³/mol. The summed E-state index contributed by atoms with van der Waals surface area (Å²) in [6.07, 6.45) is 1.40. The van der Waals surface area contributed by atoms with Gasteiger partial charge >= 0.3 is 0 Å². The van der Waals surface area contributed by atoms with E-state index in [0.717, 1.165) is 10.0 Å². The van der Waals surface area contributed by atoms with Crippen LogP contribution in [-0.4, -0.2) is 14.6 Å². The SMILES string of the molecule is O=S(=O)(N/N=C/c1ccc(Br)cc1)c1ccc(Cl)c(Cl)c1. The Hall–Kier alpha value is -1.08. The summed E-state index contributed by atoms with van der Waals surface area (Å²) in [6.45, 7) is 0. The monoisotopic (exact) mass is 406 g/mol. The Kier molecular flexibility index (Phi) is 5.27. The minimum absolute atomic E-state index is 0.00939. The Morgan fingerprint density at radius 2 is 1.71 bits per heavy atom. The summed E-state index contributed by atoms with van der Waals surface area (Å²) >= 11 is 14.9. The van der Waals surface area contributed by atoms with Gasteiger partial charge in [0.05, 0.1) is 21.2 Å². The molecule has 0 spiro atoms. The average Bonchev–Trinajstić information content (AvgIpc) is 2.44. The molecule has 110 valence electrons. The first-order chi connectivity index (χ1) is 9.88. The lowest BCUT2D eigenvalue weighted by atomic mass is 10.2. The lowest BCUT2D eigenvalue weighted by molar-refractivity contribution is 0.584. The number of rotatable bonds is 4. The lowest BCUT2D eigenvalue weighted by Crippen LogP contribution is -2.18. The van der Waals surface area contributed by atoms with E-state index in [-0.39, 0.29) is 14.9 Å². The van der Waals surface area contributed by atoms with Gasteiger partial charge in [0.2, 0.25) is 0 Å². The second kappa shape index (κ2) is 6.79. The van der Waals surface area contributed by atoms with E-state index in [0.29, 0.717) is 0 Å². The zero-order chi connectivity index (χ0) is 15.5. The van der Waals surface area contributed by atoms with Crippen LogP contribution in [0.3, 0.4) is 0 Å². The Morgan fingerprint density at radius 1 is 1.05 bits per heavy atom. The summed E-state index contributed by atoms with van der Waals surface area (Å²) in [7, 11) is -3.78. The molecule has 0 aliphatic carbocycles. The van der Waals surface area contributed by atoms with Crippen molar-refractivity contribution in [3.05, 3.63) is 62.5 Å². The Labute approximate surface area is 141 Å². The topological polar surface area (TPSA) is 58.5 Å². The number of nitrogens with zero attached hydrogens (tertiary/aromatic N) is 1. The Morgan fingerprint density at radius 3 is 2.33 bits per heavy atom. The maximum absolute atomic E-state index is 12.0. The van der Waals surface area contributed by atoms with Crippen LogP contribution >= 0.6 is 39.1 Å². The third-order valence-corrected chi connectivity index (χ3v) is 4.95. The normalized spacial score (nSPS) is 11.8. The maximum atomic E-state index is 12.0. The fourth-order valence-electron chi connectivity index (χ4n) is 1.42. The second-order valence-corrected chi connectivity index (χ2v) is 7.37. The van der Waals surface area contributed by atoms with E-state index >= 15 is 0 Å². The third kappa shape index (κ3) is 4.44. The summed E-state index contributed by atoms with van der Waals surface area (Å²) in [5.74, 6) is 0. The third-order valence-electron chi connectivity index (χ3n) is 2.46. The number of hydrogen-bond acceptors (Lipinski definition) is 3. The molecular weight excluding hydrogens is 399 g/mol. The molecule has 0 unspecified atom stereocenters. The average molecular weight is 408 g/mol. The van der Waals surface area contributed by atoms with E-state index < -0.39 is 10.0 Å². The molecule has 0 atom stereocenters. The highest BCUT2D eigenvalue weighted by molar-refractivity contribution is 9.10. The molecule has 0 aliphatic rings. The van der Waals surface area contributed by atoms with Crippen LogP contribution in [-0.2, 0) is 10.0 Å².